The van der Waals surface area contributed by atoms with E-state index >= 15 is 0 Å². The molecule has 2 unspecified atom stereocenters. The van der Waals surface area contributed by atoms with Crippen LogP contribution in [0.4, 0.5) is 0 Å². The fourth-order valence-electron chi connectivity index (χ4n) is 8.87. The highest BCUT2D eigenvalue weighted by Crippen LogP contribution is 2.71. The molecule has 1 aromatic carbocycles. The number of hydrogen-bond donors (Lipinski definition) is 4. The third-order valence-electron chi connectivity index (χ3n) is 11.8. The summed E-state index contributed by atoms with van der Waals surface area (Å²) < 4.78 is 11.9. The summed E-state index contributed by atoms with van der Waals surface area (Å²) in [5, 5.41) is 48.4. The number of benzene rings is 1. The maximum Gasteiger partial charge on any atom is 0.333 e. The second kappa shape index (κ2) is 11.0. The van der Waals surface area contributed by atoms with Crippen LogP contribution in [0.1, 0.15) is 85.1 Å². The molecule has 8 nitrogen and oxygen atoms in total. The highest BCUT2D eigenvalue weighted by Gasteiger charge is 2.81. The third kappa shape index (κ3) is 4.64. The molecule has 0 radical (unpaired) electrons. The average molecular weight is 595 g/mol. The van der Waals surface area contributed by atoms with Gasteiger partial charge in [0.1, 0.15) is 29.0 Å². The highest BCUT2D eigenvalue weighted by atomic mass is 16.6. The van der Waals surface area contributed by atoms with Crippen molar-refractivity contribution in [2.75, 3.05) is 0 Å². The molecule has 3 saturated carbocycles. The van der Waals surface area contributed by atoms with Crippen LogP contribution in [-0.4, -0.2) is 67.5 Å². The molecule has 0 spiro atoms. The number of allylic oxidation sites excluding steroid dienone is 1. The zero-order chi connectivity index (χ0) is 31.4. The first-order valence-corrected chi connectivity index (χ1v) is 15.5. The first kappa shape index (κ1) is 31.6. The lowest BCUT2D eigenvalue weighted by molar-refractivity contribution is -0.326. The second-order valence-electron chi connectivity index (χ2n) is 13.6. The van der Waals surface area contributed by atoms with E-state index < -0.39 is 63.8 Å². The predicted octanol–water partition coefficient (Wildman–Crippen LogP) is 4.40. The summed E-state index contributed by atoms with van der Waals surface area (Å²) in [6, 6.07) is 9.32. The number of carbonyl (C=O) groups excluding carboxylic acids is 2. The molecule has 4 aliphatic rings. The Kier molecular flexibility index (Phi) is 8.08. The van der Waals surface area contributed by atoms with E-state index in [4.69, 9.17) is 9.47 Å². The van der Waals surface area contributed by atoms with Gasteiger partial charge in [-0.3, -0.25) is 0 Å². The van der Waals surface area contributed by atoms with E-state index in [1.54, 1.807) is 39.8 Å². The molecule has 8 heteroatoms. The maximum absolute atomic E-state index is 13.4. The van der Waals surface area contributed by atoms with Gasteiger partial charge in [0.15, 0.2) is 0 Å². The van der Waals surface area contributed by atoms with Crippen molar-refractivity contribution in [3.05, 3.63) is 65.3 Å². The lowest BCUT2D eigenvalue weighted by Gasteiger charge is -2.67. The smallest absolute Gasteiger partial charge is 0.333 e. The van der Waals surface area contributed by atoms with E-state index in [1.165, 1.54) is 6.08 Å². The van der Waals surface area contributed by atoms with Crippen LogP contribution in [0.3, 0.4) is 0 Å². The molecule has 0 aromatic heterocycles. The molecule has 0 saturated heterocycles. The van der Waals surface area contributed by atoms with Crippen LogP contribution in [-0.2, 0) is 19.1 Å². The molecule has 4 aliphatic carbocycles. The summed E-state index contributed by atoms with van der Waals surface area (Å²) in [6.07, 6.45) is 6.00. The topological polar surface area (TPSA) is 134 Å². The first-order valence-electron chi connectivity index (χ1n) is 15.5. The van der Waals surface area contributed by atoms with Gasteiger partial charge in [0, 0.05) is 17.6 Å². The maximum atomic E-state index is 13.4. The van der Waals surface area contributed by atoms with Crippen molar-refractivity contribution in [2.24, 2.45) is 16.7 Å². The highest BCUT2D eigenvalue weighted by molar-refractivity contribution is 5.88. The number of aliphatic hydroxyl groups is 4. The van der Waals surface area contributed by atoms with Gasteiger partial charge in [-0.2, -0.15) is 0 Å². The summed E-state index contributed by atoms with van der Waals surface area (Å²) in [6.45, 7) is 8.65. The van der Waals surface area contributed by atoms with E-state index in [1.807, 2.05) is 36.4 Å². The Bertz CT molecular complexity index is 1350. The molecule has 4 N–H and O–H groups in total. The Morgan fingerprint density at radius 2 is 1.77 bits per heavy atom. The molecule has 9 atom stereocenters. The number of rotatable bonds is 6. The molecular formula is C35H46O8. The minimum atomic E-state index is -1.89. The summed E-state index contributed by atoms with van der Waals surface area (Å²) in [5.41, 5.74) is -5.28. The first-order chi connectivity index (χ1) is 20.2. The number of aliphatic hydroxyl groups excluding tert-OH is 1. The van der Waals surface area contributed by atoms with Crippen molar-refractivity contribution < 1.29 is 39.5 Å². The number of carbonyl (C=O) groups is 2. The summed E-state index contributed by atoms with van der Waals surface area (Å²) in [5.74, 6) is -1.73. The molecule has 1 aromatic rings. The van der Waals surface area contributed by atoms with Crippen LogP contribution in [0.25, 0.3) is 6.08 Å². The normalized spacial score (nSPS) is 41.5. The molecule has 43 heavy (non-hydrogen) atoms. The molecular weight excluding hydrogens is 548 g/mol. The minimum absolute atomic E-state index is 0.0211. The van der Waals surface area contributed by atoms with E-state index in [0.29, 0.717) is 24.8 Å². The van der Waals surface area contributed by atoms with E-state index in [-0.39, 0.29) is 25.7 Å². The summed E-state index contributed by atoms with van der Waals surface area (Å²) in [7, 11) is 0. The lowest BCUT2D eigenvalue weighted by Crippen LogP contribution is -2.78. The quantitative estimate of drug-likeness (QED) is 0.216. The number of fused-ring (bicyclic) bond motifs is 5. The van der Waals surface area contributed by atoms with E-state index in [9.17, 15) is 30.0 Å². The van der Waals surface area contributed by atoms with Crippen molar-refractivity contribution in [3.63, 3.8) is 0 Å². The van der Waals surface area contributed by atoms with Crippen molar-refractivity contribution in [1.82, 2.24) is 0 Å². The standard InChI is InChI=1S/C35H46O8/c1-6-22(2)30(38)42-23(3)33(39)18-19-35(41)32(33,5)28(43-29(37)13-12-24-10-8-7-9-11-24)21-27-31(4)16-15-26(36)20-25(31)14-17-34(27,35)40/h6-14,23,26-28,36,39-41H,15-21H2,1-5H3/b13-12+,22-6+/t23?,26-,27?,28+,31-,32+,33+,34-,35+/m0/s1. The van der Waals surface area contributed by atoms with Gasteiger partial charge in [-0.05, 0) is 82.8 Å². The van der Waals surface area contributed by atoms with Gasteiger partial charge in [-0.25, -0.2) is 9.59 Å². The van der Waals surface area contributed by atoms with Gasteiger partial charge < -0.3 is 29.9 Å². The molecule has 3 fully saturated rings. The summed E-state index contributed by atoms with van der Waals surface area (Å²) in [4.78, 5) is 26.2. The van der Waals surface area contributed by atoms with Gasteiger partial charge in [-0.15, -0.1) is 0 Å². The van der Waals surface area contributed by atoms with Gasteiger partial charge >= 0.3 is 11.9 Å². The van der Waals surface area contributed by atoms with E-state index in [0.717, 1.165) is 11.1 Å². The molecule has 5 rings (SSSR count). The van der Waals surface area contributed by atoms with Gasteiger partial charge in [0.05, 0.1) is 11.5 Å². The Balaban J connectivity index is 1.58. The molecule has 0 aliphatic heterocycles. The van der Waals surface area contributed by atoms with Gasteiger partial charge in [0.25, 0.3) is 0 Å². The fourth-order valence-corrected chi connectivity index (χ4v) is 8.87. The van der Waals surface area contributed by atoms with Crippen molar-refractivity contribution >= 4 is 18.0 Å². The van der Waals surface area contributed by atoms with Gasteiger partial charge in [0.2, 0.25) is 0 Å². The summed E-state index contributed by atoms with van der Waals surface area (Å²) >= 11 is 0. The van der Waals surface area contributed by atoms with Crippen LogP contribution >= 0.6 is 0 Å². The molecule has 0 amide bonds. The molecule has 0 heterocycles. The van der Waals surface area contributed by atoms with Crippen molar-refractivity contribution in [1.29, 1.82) is 0 Å². The van der Waals surface area contributed by atoms with E-state index in [2.05, 4.69) is 6.92 Å². The van der Waals surface area contributed by atoms with Crippen LogP contribution in [0.5, 0.6) is 0 Å². The zero-order valence-corrected chi connectivity index (χ0v) is 25.9. The van der Waals surface area contributed by atoms with Crippen LogP contribution in [0.15, 0.2) is 59.7 Å². The number of esters is 2. The van der Waals surface area contributed by atoms with Gasteiger partial charge in [-0.1, -0.05) is 61.9 Å². The zero-order valence-electron chi connectivity index (χ0n) is 25.9. The van der Waals surface area contributed by atoms with Crippen LogP contribution in [0, 0.1) is 16.7 Å². The second-order valence-corrected chi connectivity index (χ2v) is 13.6. The van der Waals surface area contributed by atoms with Crippen molar-refractivity contribution in [3.8, 4) is 0 Å². The predicted molar refractivity (Wildman–Crippen MR) is 161 cm³/mol. The van der Waals surface area contributed by atoms with Crippen molar-refractivity contribution in [2.45, 2.75) is 115 Å². The average Bonchev–Trinajstić information content (AvgIpc) is 3.22. The fraction of sp³-hybridized carbons (Fsp3) is 0.600. The van der Waals surface area contributed by atoms with Crippen LogP contribution in [0.2, 0.25) is 0 Å². The number of hydrogen-bond acceptors (Lipinski definition) is 8. The Morgan fingerprint density at radius 3 is 2.44 bits per heavy atom. The number of ether oxygens (including phenoxy) is 2. The molecule has 234 valence electrons. The minimum Gasteiger partial charge on any atom is -0.458 e. The lowest BCUT2D eigenvalue weighted by atomic mass is 9.42. The molecule has 0 bridgehead atoms. The largest absolute Gasteiger partial charge is 0.458 e. The Morgan fingerprint density at radius 1 is 1.07 bits per heavy atom. The SMILES string of the molecule is C/C=C(\C)C(=O)OC(C)[C@]1(O)CC[C@@]2(O)[C@]1(C)[C@H](OC(=O)/C=C/c1ccccc1)CC1[C@@]3(C)CC[C@H](O)CC3=CC[C@]12O. The Hall–Kier alpha value is -2.78. The Labute approximate surface area is 254 Å². The third-order valence-corrected chi connectivity index (χ3v) is 11.8. The van der Waals surface area contributed by atoms with Crippen LogP contribution < -0.4 is 0 Å². The monoisotopic (exact) mass is 594 g/mol.